The smallest absolute Gasteiger partial charge is 0.326 e. The predicted molar refractivity (Wildman–Crippen MR) is 63.0 cm³/mol. The maximum absolute atomic E-state index is 13.9. The van der Waals surface area contributed by atoms with Crippen molar-refractivity contribution in [3.63, 3.8) is 0 Å². The topological polar surface area (TPSA) is 83.7 Å². The lowest BCUT2D eigenvalue weighted by atomic mass is 10.1. The molecule has 1 aromatic carbocycles. The summed E-state index contributed by atoms with van der Waals surface area (Å²) in [5, 5.41) is 0. The summed E-state index contributed by atoms with van der Waals surface area (Å²) in [6.45, 7) is -0.270. The Morgan fingerprint density at radius 1 is 1.16 bits per heavy atom. The van der Waals surface area contributed by atoms with E-state index in [4.69, 9.17) is 5.73 Å². The lowest BCUT2D eigenvalue weighted by Gasteiger charge is -2.14. The van der Waals surface area contributed by atoms with E-state index in [0.29, 0.717) is 9.80 Å². The minimum Gasteiger partial charge on any atom is -0.326 e. The number of likely N-dealkylation sites (N-methyl/N-ethyl adjacent to an activating group) is 1. The highest BCUT2D eigenvalue weighted by atomic mass is 19.1. The van der Waals surface area contributed by atoms with Crippen molar-refractivity contribution in [3.05, 3.63) is 35.1 Å². The van der Waals surface area contributed by atoms with E-state index in [9.17, 15) is 18.8 Å². The van der Waals surface area contributed by atoms with Gasteiger partial charge in [0.1, 0.15) is 5.82 Å². The standard InChI is InChI=1S/C12H12FN3O3/c1-15-10(17)11(18)16(12(15)19)6-8-4-2-3-7(5-14)9(8)13/h2-4H,5-6,14H2,1H3. The molecular weight excluding hydrogens is 253 g/mol. The maximum Gasteiger partial charge on any atom is 0.334 e. The number of imide groups is 2. The molecule has 1 heterocycles. The Hall–Kier alpha value is -2.28. The molecule has 0 atom stereocenters. The van der Waals surface area contributed by atoms with Gasteiger partial charge in [0.2, 0.25) is 0 Å². The van der Waals surface area contributed by atoms with E-state index in [2.05, 4.69) is 0 Å². The van der Waals surface area contributed by atoms with Gasteiger partial charge >= 0.3 is 17.8 Å². The van der Waals surface area contributed by atoms with Crippen LogP contribution in [0.4, 0.5) is 9.18 Å². The summed E-state index contributed by atoms with van der Waals surface area (Å²) in [7, 11) is 1.20. The number of benzene rings is 1. The van der Waals surface area contributed by atoms with Gasteiger partial charge < -0.3 is 5.73 Å². The van der Waals surface area contributed by atoms with Crippen molar-refractivity contribution in [3.8, 4) is 0 Å². The molecule has 1 aromatic rings. The van der Waals surface area contributed by atoms with E-state index in [0.717, 1.165) is 0 Å². The molecular formula is C12H12FN3O3. The van der Waals surface area contributed by atoms with Crippen LogP contribution in [-0.2, 0) is 22.7 Å². The van der Waals surface area contributed by atoms with Crippen LogP contribution in [0.25, 0.3) is 0 Å². The van der Waals surface area contributed by atoms with Crippen LogP contribution in [0, 0.1) is 5.82 Å². The van der Waals surface area contributed by atoms with Crippen LogP contribution in [0.2, 0.25) is 0 Å². The second kappa shape index (κ2) is 4.77. The summed E-state index contributed by atoms with van der Waals surface area (Å²) in [6, 6.07) is 3.78. The van der Waals surface area contributed by atoms with E-state index in [1.807, 2.05) is 0 Å². The van der Waals surface area contributed by atoms with Crippen molar-refractivity contribution >= 4 is 17.8 Å². The van der Waals surface area contributed by atoms with Crippen molar-refractivity contribution in [2.24, 2.45) is 5.73 Å². The van der Waals surface area contributed by atoms with Gasteiger partial charge in [-0.15, -0.1) is 0 Å². The fraction of sp³-hybridized carbons (Fsp3) is 0.250. The first-order valence-corrected chi connectivity index (χ1v) is 5.57. The number of rotatable bonds is 3. The SMILES string of the molecule is CN1C(=O)C(=O)N(Cc2cccc(CN)c2F)C1=O. The third-order valence-electron chi connectivity index (χ3n) is 2.96. The van der Waals surface area contributed by atoms with Crippen molar-refractivity contribution in [2.75, 3.05) is 7.05 Å². The second-order valence-electron chi connectivity index (χ2n) is 4.13. The van der Waals surface area contributed by atoms with Gasteiger partial charge in [-0.05, 0) is 0 Å². The Balaban J connectivity index is 2.30. The number of nitrogens with two attached hydrogens (primary N) is 1. The van der Waals surface area contributed by atoms with Gasteiger partial charge in [-0.1, -0.05) is 18.2 Å². The number of hydrogen-bond acceptors (Lipinski definition) is 4. The summed E-state index contributed by atoms with van der Waals surface area (Å²) in [5.41, 5.74) is 5.81. The molecule has 2 N–H and O–H groups in total. The Labute approximate surface area is 108 Å². The number of urea groups is 1. The molecule has 19 heavy (non-hydrogen) atoms. The molecule has 7 heteroatoms. The van der Waals surface area contributed by atoms with Crippen LogP contribution in [0.1, 0.15) is 11.1 Å². The second-order valence-corrected chi connectivity index (χ2v) is 4.13. The van der Waals surface area contributed by atoms with Gasteiger partial charge in [0, 0.05) is 24.7 Å². The van der Waals surface area contributed by atoms with Crippen LogP contribution >= 0.6 is 0 Å². The van der Waals surface area contributed by atoms with Crippen LogP contribution in [0.15, 0.2) is 18.2 Å². The van der Waals surface area contributed by atoms with Gasteiger partial charge in [0.05, 0.1) is 6.54 Å². The maximum atomic E-state index is 13.9. The molecule has 0 saturated carbocycles. The van der Waals surface area contributed by atoms with E-state index < -0.39 is 23.7 Å². The first-order valence-electron chi connectivity index (χ1n) is 5.57. The summed E-state index contributed by atoms with van der Waals surface area (Å²) in [4.78, 5) is 36.0. The number of nitrogens with zero attached hydrogens (tertiary/aromatic N) is 2. The number of amides is 4. The molecule has 0 spiro atoms. The summed E-state index contributed by atoms with van der Waals surface area (Å²) < 4.78 is 13.9. The quantitative estimate of drug-likeness (QED) is 0.625. The zero-order valence-corrected chi connectivity index (χ0v) is 10.2. The van der Waals surface area contributed by atoms with E-state index in [-0.39, 0.29) is 24.2 Å². The van der Waals surface area contributed by atoms with Crippen molar-refractivity contribution < 1.29 is 18.8 Å². The molecule has 1 saturated heterocycles. The largest absolute Gasteiger partial charge is 0.334 e. The molecule has 6 nitrogen and oxygen atoms in total. The van der Waals surface area contributed by atoms with Crippen molar-refractivity contribution in [1.29, 1.82) is 0 Å². The minimum absolute atomic E-state index is 0.0143. The van der Waals surface area contributed by atoms with E-state index in [1.165, 1.54) is 19.2 Å². The summed E-state index contributed by atoms with van der Waals surface area (Å²) in [5.74, 6) is -2.43. The molecule has 2 rings (SSSR count). The van der Waals surface area contributed by atoms with Crippen molar-refractivity contribution in [2.45, 2.75) is 13.1 Å². The molecule has 1 aliphatic rings. The molecule has 0 unspecified atom stereocenters. The van der Waals surface area contributed by atoms with Crippen LogP contribution in [0.5, 0.6) is 0 Å². The number of halogens is 1. The van der Waals surface area contributed by atoms with E-state index >= 15 is 0 Å². The molecule has 0 aromatic heterocycles. The summed E-state index contributed by atoms with van der Waals surface area (Å²) >= 11 is 0. The molecule has 0 radical (unpaired) electrons. The molecule has 1 fully saturated rings. The van der Waals surface area contributed by atoms with Crippen molar-refractivity contribution in [1.82, 2.24) is 9.80 Å². The molecule has 100 valence electrons. The fourth-order valence-corrected chi connectivity index (χ4v) is 1.84. The number of hydrogen-bond donors (Lipinski definition) is 1. The Morgan fingerprint density at radius 3 is 2.32 bits per heavy atom. The third kappa shape index (κ3) is 2.08. The Kier molecular flexibility index (Phi) is 3.30. The zero-order chi connectivity index (χ0) is 14.2. The van der Waals surface area contributed by atoms with E-state index in [1.54, 1.807) is 6.07 Å². The Bertz CT molecular complexity index is 573. The van der Waals surface area contributed by atoms with Gasteiger partial charge in [-0.2, -0.15) is 0 Å². The monoisotopic (exact) mass is 265 g/mol. The highest BCUT2D eigenvalue weighted by molar-refractivity contribution is 6.44. The molecule has 1 aliphatic heterocycles. The summed E-state index contributed by atoms with van der Waals surface area (Å²) in [6.07, 6.45) is 0. The lowest BCUT2D eigenvalue weighted by molar-refractivity contribution is -0.143. The molecule has 0 aliphatic carbocycles. The average Bonchev–Trinajstić information content (AvgIpc) is 2.59. The van der Waals surface area contributed by atoms with Crippen LogP contribution < -0.4 is 5.73 Å². The molecule has 4 amide bonds. The highest BCUT2D eigenvalue weighted by Gasteiger charge is 2.42. The highest BCUT2D eigenvalue weighted by Crippen LogP contribution is 2.18. The van der Waals surface area contributed by atoms with Crippen LogP contribution in [0.3, 0.4) is 0 Å². The average molecular weight is 265 g/mol. The fourth-order valence-electron chi connectivity index (χ4n) is 1.84. The van der Waals surface area contributed by atoms with Gasteiger partial charge in [-0.3, -0.25) is 19.4 Å². The Morgan fingerprint density at radius 2 is 1.79 bits per heavy atom. The van der Waals surface area contributed by atoms with Gasteiger partial charge in [0.25, 0.3) is 0 Å². The minimum atomic E-state index is -0.954. The van der Waals surface area contributed by atoms with Crippen LogP contribution in [-0.4, -0.2) is 34.7 Å². The predicted octanol–water partition coefficient (Wildman–Crippen LogP) is 0.205. The number of carbonyl (C=O) groups is 3. The number of carbonyl (C=O) groups excluding carboxylic acids is 3. The third-order valence-corrected chi connectivity index (χ3v) is 2.96. The first-order chi connectivity index (χ1) is 8.97. The van der Waals surface area contributed by atoms with Gasteiger partial charge in [-0.25, -0.2) is 9.18 Å². The lowest BCUT2D eigenvalue weighted by Crippen LogP contribution is -2.31. The zero-order valence-electron chi connectivity index (χ0n) is 10.2. The normalized spacial score (nSPS) is 15.6. The van der Waals surface area contributed by atoms with Gasteiger partial charge in [0.15, 0.2) is 0 Å². The molecule has 0 bridgehead atoms. The first kappa shape index (κ1) is 13.2.